The maximum absolute atomic E-state index is 12.5. The highest BCUT2D eigenvalue weighted by Crippen LogP contribution is 2.17. The lowest BCUT2D eigenvalue weighted by Gasteiger charge is -2.17. The molecule has 0 bridgehead atoms. The van der Waals surface area contributed by atoms with Gasteiger partial charge >= 0.3 is 0 Å². The Morgan fingerprint density at radius 3 is 2.57 bits per heavy atom. The highest BCUT2D eigenvalue weighted by molar-refractivity contribution is 7.89. The monoisotopic (exact) mass is 304 g/mol. The molecule has 1 heterocycles. The maximum Gasteiger partial charge on any atom is 0.243 e. The van der Waals surface area contributed by atoms with Gasteiger partial charge < -0.3 is 0 Å². The van der Waals surface area contributed by atoms with Gasteiger partial charge in [-0.25, -0.2) is 8.42 Å². The first-order chi connectivity index (χ1) is 9.91. The van der Waals surface area contributed by atoms with Crippen LogP contribution in [0.5, 0.6) is 0 Å². The van der Waals surface area contributed by atoms with E-state index in [1.165, 1.54) is 30.4 Å². The Bertz CT molecular complexity index is 743. The van der Waals surface area contributed by atoms with Crippen LogP contribution in [0.1, 0.15) is 23.0 Å². The van der Waals surface area contributed by atoms with Gasteiger partial charge in [0, 0.05) is 18.8 Å². The Morgan fingerprint density at radius 1 is 1.19 bits per heavy atom. The van der Waals surface area contributed by atoms with Crippen LogP contribution in [0.3, 0.4) is 0 Å². The predicted molar refractivity (Wildman–Crippen MR) is 79.3 cm³/mol. The summed E-state index contributed by atoms with van der Waals surface area (Å²) in [7, 11) is -2.16. The molecule has 0 fully saturated rings. The van der Waals surface area contributed by atoms with E-state index in [1.54, 1.807) is 36.5 Å². The summed E-state index contributed by atoms with van der Waals surface area (Å²) >= 11 is 0. The van der Waals surface area contributed by atoms with Crippen LogP contribution in [0.15, 0.2) is 53.6 Å². The van der Waals surface area contributed by atoms with E-state index in [0.29, 0.717) is 11.3 Å². The van der Waals surface area contributed by atoms with Gasteiger partial charge in [-0.2, -0.15) is 4.31 Å². The van der Waals surface area contributed by atoms with Crippen molar-refractivity contribution in [2.45, 2.75) is 18.4 Å². The number of hydrogen-bond acceptors (Lipinski definition) is 4. The third-order valence-electron chi connectivity index (χ3n) is 3.06. The standard InChI is InChI=1S/C15H16N2O3S/c1-12(18)13-6-5-8-15(10-13)21(19,20)17(2)11-14-7-3-4-9-16-14/h3-10H,11H2,1-2H3. The first-order valence-electron chi connectivity index (χ1n) is 6.38. The quantitative estimate of drug-likeness (QED) is 0.793. The SMILES string of the molecule is CC(=O)c1cccc(S(=O)(=O)N(C)Cc2ccccn2)c1. The molecule has 0 aliphatic heterocycles. The summed E-state index contributed by atoms with van der Waals surface area (Å²) in [4.78, 5) is 15.6. The van der Waals surface area contributed by atoms with Gasteiger partial charge in [-0.15, -0.1) is 0 Å². The number of rotatable bonds is 5. The molecule has 0 aliphatic carbocycles. The highest BCUT2D eigenvalue weighted by atomic mass is 32.2. The molecule has 0 spiro atoms. The first-order valence-corrected chi connectivity index (χ1v) is 7.82. The van der Waals surface area contributed by atoms with Crippen LogP contribution in [0.4, 0.5) is 0 Å². The summed E-state index contributed by atoms with van der Waals surface area (Å²) in [5, 5.41) is 0. The summed E-state index contributed by atoms with van der Waals surface area (Å²) in [6.07, 6.45) is 1.62. The number of Topliss-reactive ketones (excluding diaryl/α,β-unsaturated/α-hetero) is 1. The number of hydrogen-bond donors (Lipinski definition) is 0. The minimum Gasteiger partial charge on any atom is -0.295 e. The van der Waals surface area contributed by atoms with Crippen molar-refractivity contribution in [2.24, 2.45) is 0 Å². The zero-order valence-electron chi connectivity index (χ0n) is 11.9. The summed E-state index contributed by atoms with van der Waals surface area (Å²) in [6.45, 7) is 1.58. The van der Waals surface area contributed by atoms with E-state index in [-0.39, 0.29) is 17.2 Å². The van der Waals surface area contributed by atoms with E-state index in [4.69, 9.17) is 0 Å². The van der Waals surface area contributed by atoms with Crippen molar-refractivity contribution in [2.75, 3.05) is 7.05 Å². The van der Waals surface area contributed by atoms with E-state index in [1.807, 2.05) is 0 Å². The van der Waals surface area contributed by atoms with Crippen LogP contribution in [0, 0.1) is 0 Å². The van der Waals surface area contributed by atoms with E-state index in [0.717, 1.165) is 0 Å². The number of aromatic nitrogens is 1. The second-order valence-corrected chi connectivity index (χ2v) is 6.71. The molecule has 2 rings (SSSR count). The van der Waals surface area contributed by atoms with Crippen LogP contribution >= 0.6 is 0 Å². The molecule has 0 saturated heterocycles. The van der Waals surface area contributed by atoms with Gasteiger partial charge in [-0.05, 0) is 31.2 Å². The topological polar surface area (TPSA) is 67.3 Å². The molecular weight excluding hydrogens is 288 g/mol. The molecular formula is C15H16N2O3S. The minimum absolute atomic E-state index is 0.105. The Hall–Kier alpha value is -2.05. The fraction of sp³-hybridized carbons (Fsp3) is 0.200. The lowest BCUT2D eigenvalue weighted by atomic mass is 10.2. The number of sulfonamides is 1. The Balaban J connectivity index is 2.29. The van der Waals surface area contributed by atoms with Crippen LogP contribution < -0.4 is 0 Å². The van der Waals surface area contributed by atoms with Crippen LogP contribution in [-0.2, 0) is 16.6 Å². The van der Waals surface area contributed by atoms with Crippen molar-refractivity contribution in [3.63, 3.8) is 0 Å². The van der Waals surface area contributed by atoms with Gasteiger partial charge in [0.05, 0.1) is 17.1 Å². The van der Waals surface area contributed by atoms with Crippen LogP contribution in [-0.4, -0.2) is 30.5 Å². The third-order valence-corrected chi connectivity index (χ3v) is 4.86. The lowest BCUT2D eigenvalue weighted by molar-refractivity contribution is 0.101. The van der Waals surface area contributed by atoms with Gasteiger partial charge in [0.2, 0.25) is 10.0 Å². The summed E-state index contributed by atoms with van der Waals surface area (Å²) in [5.74, 6) is -0.167. The molecule has 5 nitrogen and oxygen atoms in total. The van der Waals surface area contributed by atoms with Crippen molar-refractivity contribution in [3.05, 3.63) is 59.9 Å². The van der Waals surface area contributed by atoms with Crippen LogP contribution in [0.2, 0.25) is 0 Å². The van der Waals surface area contributed by atoms with Crippen molar-refractivity contribution in [1.82, 2.24) is 9.29 Å². The average molecular weight is 304 g/mol. The van der Waals surface area contributed by atoms with Gasteiger partial charge in [-0.3, -0.25) is 9.78 Å². The highest BCUT2D eigenvalue weighted by Gasteiger charge is 2.21. The third kappa shape index (κ3) is 3.53. The molecule has 1 aromatic heterocycles. The fourth-order valence-corrected chi connectivity index (χ4v) is 3.05. The summed E-state index contributed by atoms with van der Waals surface area (Å²) < 4.78 is 26.2. The van der Waals surface area contributed by atoms with E-state index < -0.39 is 10.0 Å². The number of nitrogens with zero attached hydrogens (tertiary/aromatic N) is 2. The predicted octanol–water partition coefficient (Wildman–Crippen LogP) is 2.10. The average Bonchev–Trinajstić information content (AvgIpc) is 2.48. The zero-order chi connectivity index (χ0) is 15.5. The number of pyridine rings is 1. The maximum atomic E-state index is 12.5. The number of carbonyl (C=O) groups is 1. The molecule has 110 valence electrons. The lowest BCUT2D eigenvalue weighted by Crippen LogP contribution is -2.27. The smallest absolute Gasteiger partial charge is 0.243 e. The van der Waals surface area contributed by atoms with Crippen molar-refractivity contribution < 1.29 is 13.2 Å². The summed E-state index contributed by atoms with van der Waals surface area (Å²) in [6, 6.07) is 11.4. The molecule has 0 radical (unpaired) electrons. The van der Waals surface area contributed by atoms with E-state index >= 15 is 0 Å². The largest absolute Gasteiger partial charge is 0.295 e. The van der Waals surface area contributed by atoms with Crippen molar-refractivity contribution in [1.29, 1.82) is 0 Å². The number of benzene rings is 1. The van der Waals surface area contributed by atoms with Crippen LogP contribution in [0.25, 0.3) is 0 Å². The molecule has 0 atom stereocenters. The second-order valence-electron chi connectivity index (χ2n) is 4.67. The number of ketones is 1. The molecule has 2 aromatic rings. The molecule has 0 aliphatic rings. The summed E-state index contributed by atoms with van der Waals surface area (Å²) in [5.41, 5.74) is 1.04. The Morgan fingerprint density at radius 2 is 1.95 bits per heavy atom. The molecule has 6 heteroatoms. The normalized spacial score (nSPS) is 11.6. The van der Waals surface area contributed by atoms with Crippen molar-refractivity contribution >= 4 is 15.8 Å². The van der Waals surface area contributed by atoms with E-state index in [9.17, 15) is 13.2 Å². The molecule has 0 N–H and O–H groups in total. The second kappa shape index (κ2) is 6.15. The molecule has 21 heavy (non-hydrogen) atoms. The Kier molecular flexibility index (Phi) is 4.50. The van der Waals surface area contributed by atoms with Gasteiger partial charge in [-0.1, -0.05) is 18.2 Å². The first kappa shape index (κ1) is 15.3. The van der Waals surface area contributed by atoms with Gasteiger partial charge in [0.1, 0.15) is 0 Å². The minimum atomic E-state index is -3.65. The zero-order valence-corrected chi connectivity index (χ0v) is 12.7. The van der Waals surface area contributed by atoms with E-state index in [2.05, 4.69) is 4.98 Å². The molecule has 1 aromatic carbocycles. The molecule has 0 saturated carbocycles. The fourth-order valence-electron chi connectivity index (χ4n) is 1.86. The van der Waals surface area contributed by atoms with Gasteiger partial charge in [0.25, 0.3) is 0 Å². The molecule has 0 unspecified atom stereocenters. The molecule has 0 amide bonds. The van der Waals surface area contributed by atoms with Gasteiger partial charge in [0.15, 0.2) is 5.78 Å². The van der Waals surface area contributed by atoms with Crippen molar-refractivity contribution in [3.8, 4) is 0 Å². The number of carbonyl (C=O) groups excluding carboxylic acids is 1. The Labute approximate surface area is 124 Å².